The fraction of sp³-hybridized carbons (Fsp3) is 0.316. The third-order valence-electron chi connectivity index (χ3n) is 4.15. The summed E-state index contributed by atoms with van der Waals surface area (Å²) in [5.41, 5.74) is 1.99. The van der Waals surface area contributed by atoms with Crippen molar-refractivity contribution in [3.8, 4) is 5.75 Å². The third kappa shape index (κ3) is 4.09. The third-order valence-corrected chi connectivity index (χ3v) is 5.27. The number of benzene rings is 2. The Bertz CT molecular complexity index is 718. The van der Waals surface area contributed by atoms with E-state index in [2.05, 4.69) is 5.32 Å². The SMILES string of the molecule is COc1ccc(CCC(=O)NC2CCSc3ccc(F)cc32)cc1. The summed E-state index contributed by atoms with van der Waals surface area (Å²) in [5, 5.41) is 3.05. The van der Waals surface area contributed by atoms with Gasteiger partial charge >= 0.3 is 0 Å². The van der Waals surface area contributed by atoms with Gasteiger partial charge in [-0.25, -0.2) is 4.39 Å². The Morgan fingerprint density at radius 1 is 1.29 bits per heavy atom. The van der Waals surface area contributed by atoms with E-state index < -0.39 is 0 Å². The van der Waals surface area contributed by atoms with Crippen LogP contribution in [0.3, 0.4) is 0 Å². The molecule has 1 unspecified atom stereocenters. The average Bonchev–Trinajstić information content (AvgIpc) is 2.61. The molecule has 24 heavy (non-hydrogen) atoms. The Kier molecular flexibility index (Phi) is 5.41. The molecule has 0 radical (unpaired) electrons. The number of carbonyl (C=O) groups excluding carboxylic acids is 1. The lowest BCUT2D eigenvalue weighted by atomic mass is 10.0. The van der Waals surface area contributed by atoms with Crippen LogP contribution in [0.5, 0.6) is 5.75 Å². The number of nitrogens with one attached hydrogen (secondary N) is 1. The van der Waals surface area contributed by atoms with Crippen molar-refractivity contribution in [2.24, 2.45) is 0 Å². The molecule has 1 heterocycles. The number of methoxy groups -OCH3 is 1. The second-order valence-corrected chi connectivity index (χ2v) is 6.92. The van der Waals surface area contributed by atoms with Gasteiger partial charge in [0.2, 0.25) is 5.91 Å². The highest BCUT2D eigenvalue weighted by atomic mass is 32.2. The lowest BCUT2D eigenvalue weighted by Crippen LogP contribution is -2.30. The minimum absolute atomic E-state index is 0.00192. The summed E-state index contributed by atoms with van der Waals surface area (Å²) in [6.07, 6.45) is 1.92. The first kappa shape index (κ1) is 16.8. The molecule has 0 aromatic heterocycles. The van der Waals surface area contributed by atoms with Gasteiger partial charge in [-0.05, 0) is 54.3 Å². The first-order valence-corrected chi connectivity index (χ1v) is 8.99. The van der Waals surface area contributed by atoms with Gasteiger partial charge in [-0.15, -0.1) is 11.8 Å². The number of amides is 1. The number of rotatable bonds is 5. The number of hydrogen-bond donors (Lipinski definition) is 1. The molecule has 0 fully saturated rings. The maximum atomic E-state index is 13.5. The lowest BCUT2D eigenvalue weighted by molar-refractivity contribution is -0.121. The highest BCUT2D eigenvalue weighted by molar-refractivity contribution is 7.99. The van der Waals surface area contributed by atoms with E-state index in [0.717, 1.165) is 33.9 Å². The van der Waals surface area contributed by atoms with Crippen LogP contribution in [0.1, 0.15) is 30.0 Å². The molecule has 0 saturated carbocycles. The molecule has 1 atom stereocenters. The summed E-state index contributed by atoms with van der Waals surface area (Å²) in [5.74, 6) is 1.48. The van der Waals surface area contributed by atoms with E-state index >= 15 is 0 Å². The molecule has 3 nitrogen and oxygen atoms in total. The van der Waals surface area contributed by atoms with Gasteiger partial charge in [0.05, 0.1) is 13.2 Å². The van der Waals surface area contributed by atoms with E-state index in [4.69, 9.17) is 4.74 Å². The van der Waals surface area contributed by atoms with Crippen LogP contribution in [0.4, 0.5) is 4.39 Å². The Balaban J connectivity index is 1.58. The second-order valence-electron chi connectivity index (χ2n) is 5.79. The van der Waals surface area contributed by atoms with E-state index in [1.54, 1.807) is 24.9 Å². The van der Waals surface area contributed by atoms with Crippen molar-refractivity contribution < 1.29 is 13.9 Å². The molecule has 1 N–H and O–H groups in total. The Morgan fingerprint density at radius 3 is 2.83 bits per heavy atom. The normalized spacial score (nSPS) is 16.3. The van der Waals surface area contributed by atoms with Crippen LogP contribution < -0.4 is 10.1 Å². The monoisotopic (exact) mass is 345 g/mol. The van der Waals surface area contributed by atoms with Gasteiger partial charge in [-0.1, -0.05) is 12.1 Å². The fourth-order valence-electron chi connectivity index (χ4n) is 2.83. The van der Waals surface area contributed by atoms with Crippen LogP contribution in [0.2, 0.25) is 0 Å². The van der Waals surface area contributed by atoms with E-state index in [1.807, 2.05) is 24.3 Å². The average molecular weight is 345 g/mol. The molecule has 1 aliphatic heterocycles. The van der Waals surface area contributed by atoms with Crippen molar-refractivity contribution >= 4 is 17.7 Å². The lowest BCUT2D eigenvalue weighted by Gasteiger charge is -2.26. The molecule has 1 amide bonds. The predicted octanol–water partition coefficient (Wildman–Crippen LogP) is 4.12. The minimum atomic E-state index is -0.256. The van der Waals surface area contributed by atoms with E-state index in [9.17, 15) is 9.18 Å². The second kappa shape index (κ2) is 7.71. The van der Waals surface area contributed by atoms with Crippen molar-refractivity contribution in [1.29, 1.82) is 0 Å². The van der Waals surface area contributed by atoms with Gasteiger partial charge < -0.3 is 10.1 Å². The summed E-state index contributed by atoms with van der Waals surface area (Å²) >= 11 is 1.71. The molecule has 2 aromatic carbocycles. The molecular formula is C19H20FNO2S. The minimum Gasteiger partial charge on any atom is -0.497 e. The maximum absolute atomic E-state index is 13.5. The van der Waals surface area contributed by atoms with Gasteiger partial charge in [0.25, 0.3) is 0 Å². The molecule has 1 aliphatic rings. The number of halogens is 1. The molecule has 0 bridgehead atoms. The zero-order valence-electron chi connectivity index (χ0n) is 13.5. The first-order chi connectivity index (χ1) is 11.7. The van der Waals surface area contributed by atoms with Gasteiger partial charge in [0, 0.05) is 17.1 Å². The number of hydrogen-bond acceptors (Lipinski definition) is 3. The number of fused-ring (bicyclic) bond motifs is 1. The molecule has 5 heteroatoms. The summed E-state index contributed by atoms with van der Waals surface area (Å²) in [6.45, 7) is 0. The maximum Gasteiger partial charge on any atom is 0.220 e. The first-order valence-electron chi connectivity index (χ1n) is 8.00. The van der Waals surface area contributed by atoms with Crippen LogP contribution in [0, 0.1) is 5.82 Å². The van der Waals surface area contributed by atoms with Crippen LogP contribution in [-0.2, 0) is 11.2 Å². The smallest absolute Gasteiger partial charge is 0.220 e. The zero-order valence-corrected chi connectivity index (χ0v) is 14.4. The van der Waals surface area contributed by atoms with Gasteiger partial charge in [0.1, 0.15) is 11.6 Å². The zero-order chi connectivity index (χ0) is 16.9. The van der Waals surface area contributed by atoms with Crippen LogP contribution in [0.15, 0.2) is 47.4 Å². The Labute approximate surface area is 145 Å². The van der Waals surface area contributed by atoms with Crippen molar-refractivity contribution in [2.45, 2.75) is 30.2 Å². The van der Waals surface area contributed by atoms with Crippen molar-refractivity contribution in [1.82, 2.24) is 5.32 Å². The number of carbonyl (C=O) groups is 1. The van der Waals surface area contributed by atoms with Crippen LogP contribution in [0.25, 0.3) is 0 Å². The molecule has 0 saturated heterocycles. The molecular weight excluding hydrogens is 325 g/mol. The number of ether oxygens (including phenoxy) is 1. The van der Waals surface area contributed by atoms with Crippen molar-refractivity contribution in [2.75, 3.05) is 12.9 Å². The van der Waals surface area contributed by atoms with E-state index in [0.29, 0.717) is 12.8 Å². The van der Waals surface area contributed by atoms with E-state index in [1.165, 1.54) is 12.1 Å². The highest BCUT2D eigenvalue weighted by Gasteiger charge is 2.22. The van der Waals surface area contributed by atoms with Gasteiger partial charge in [-0.2, -0.15) is 0 Å². The topological polar surface area (TPSA) is 38.3 Å². The summed E-state index contributed by atoms with van der Waals surface area (Å²) in [6, 6.07) is 12.4. The summed E-state index contributed by atoms with van der Waals surface area (Å²) in [4.78, 5) is 13.3. The Hall–Kier alpha value is -2.01. The van der Waals surface area contributed by atoms with Crippen LogP contribution in [-0.4, -0.2) is 18.8 Å². The quantitative estimate of drug-likeness (QED) is 0.886. The van der Waals surface area contributed by atoms with Gasteiger partial charge in [0.15, 0.2) is 0 Å². The molecule has 2 aromatic rings. The van der Waals surface area contributed by atoms with E-state index in [-0.39, 0.29) is 17.8 Å². The highest BCUT2D eigenvalue weighted by Crippen LogP contribution is 2.36. The van der Waals surface area contributed by atoms with Crippen LogP contribution >= 0.6 is 11.8 Å². The summed E-state index contributed by atoms with van der Waals surface area (Å²) < 4.78 is 18.6. The van der Waals surface area contributed by atoms with Crippen molar-refractivity contribution in [3.63, 3.8) is 0 Å². The van der Waals surface area contributed by atoms with Crippen molar-refractivity contribution in [3.05, 3.63) is 59.4 Å². The molecule has 0 aliphatic carbocycles. The van der Waals surface area contributed by atoms with Gasteiger partial charge in [-0.3, -0.25) is 4.79 Å². The molecule has 0 spiro atoms. The number of thioether (sulfide) groups is 1. The molecule has 3 rings (SSSR count). The number of aryl methyl sites for hydroxylation is 1. The molecule has 126 valence electrons. The largest absolute Gasteiger partial charge is 0.497 e. The predicted molar refractivity (Wildman–Crippen MR) is 93.9 cm³/mol. The fourth-order valence-corrected chi connectivity index (χ4v) is 3.94. The standard InChI is InChI=1S/C19H20FNO2S/c1-23-15-6-2-13(3-7-15)4-9-19(22)21-17-10-11-24-18-8-5-14(20)12-16(17)18/h2-3,5-8,12,17H,4,9-11H2,1H3,(H,21,22). The summed E-state index contributed by atoms with van der Waals surface area (Å²) in [7, 11) is 1.63. The Morgan fingerprint density at radius 2 is 2.08 bits per heavy atom.